The van der Waals surface area contributed by atoms with Crippen LogP contribution in [0.4, 0.5) is 21.9 Å². The lowest BCUT2D eigenvalue weighted by atomic mass is 10.2. The van der Waals surface area contributed by atoms with E-state index < -0.39 is 56.1 Å². The van der Waals surface area contributed by atoms with Crippen LogP contribution in [0.15, 0.2) is 60.0 Å². The van der Waals surface area contributed by atoms with Crippen LogP contribution in [0.2, 0.25) is 0 Å². The summed E-state index contributed by atoms with van der Waals surface area (Å²) in [4.78, 5) is 32.7. The fourth-order valence-electron chi connectivity index (χ4n) is 3.31. The molecule has 0 radical (unpaired) electrons. The van der Waals surface area contributed by atoms with Crippen LogP contribution in [0.3, 0.4) is 0 Å². The van der Waals surface area contributed by atoms with E-state index in [-0.39, 0.29) is 23.7 Å². The molecule has 0 bridgehead atoms. The number of carbonyl (C=O) groups is 1. The molecule has 1 aliphatic rings. The van der Waals surface area contributed by atoms with E-state index in [4.69, 9.17) is 9.47 Å². The second-order valence-electron chi connectivity index (χ2n) is 7.62. The molecule has 35 heavy (non-hydrogen) atoms. The Kier molecular flexibility index (Phi) is 7.78. The van der Waals surface area contributed by atoms with Crippen molar-refractivity contribution in [3.63, 3.8) is 0 Å². The fourth-order valence-corrected chi connectivity index (χ4v) is 4.92. The molecular formula is C21H22N4O9S. The normalized spacial score (nSPS) is 18.4. The summed E-state index contributed by atoms with van der Waals surface area (Å²) in [5, 5.41) is 24.2. The number of anilines is 1. The van der Waals surface area contributed by atoms with Crippen molar-refractivity contribution in [2.45, 2.75) is 24.0 Å². The summed E-state index contributed by atoms with van der Waals surface area (Å²) in [6.45, 7) is 4.92. The monoisotopic (exact) mass is 506 g/mol. The van der Waals surface area contributed by atoms with Crippen LogP contribution in [0, 0.1) is 27.2 Å². The molecule has 1 heterocycles. The predicted molar refractivity (Wildman–Crippen MR) is 124 cm³/mol. The lowest BCUT2D eigenvalue weighted by Crippen LogP contribution is -2.53. The largest absolute Gasteiger partial charge is 0.448 e. The van der Waals surface area contributed by atoms with Gasteiger partial charge in [-0.05, 0) is 19.1 Å². The first kappa shape index (κ1) is 25.7. The Morgan fingerprint density at radius 1 is 1.20 bits per heavy atom. The number of hydrogen-bond acceptors (Lipinski definition) is 9. The van der Waals surface area contributed by atoms with Crippen LogP contribution < -0.4 is 5.32 Å². The summed E-state index contributed by atoms with van der Waals surface area (Å²) in [5.41, 5.74) is -0.540. The first-order valence-electron chi connectivity index (χ1n) is 10.2. The van der Waals surface area contributed by atoms with E-state index in [0.717, 1.165) is 23.8 Å². The van der Waals surface area contributed by atoms with E-state index in [9.17, 15) is 33.4 Å². The molecule has 1 saturated heterocycles. The van der Waals surface area contributed by atoms with Gasteiger partial charge in [0.2, 0.25) is 10.0 Å². The molecule has 1 fully saturated rings. The van der Waals surface area contributed by atoms with Gasteiger partial charge >= 0.3 is 6.09 Å². The maximum atomic E-state index is 13.3. The van der Waals surface area contributed by atoms with Gasteiger partial charge in [-0.25, -0.2) is 13.2 Å². The molecule has 186 valence electrons. The third-order valence-corrected chi connectivity index (χ3v) is 7.07. The number of nitro benzene ring substituents is 2. The van der Waals surface area contributed by atoms with Crippen molar-refractivity contribution in [3.8, 4) is 0 Å². The molecule has 0 spiro atoms. The molecule has 3 rings (SSSR count). The van der Waals surface area contributed by atoms with E-state index in [0.29, 0.717) is 0 Å². The van der Waals surface area contributed by atoms with Gasteiger partial charge in [0.15, 0.2) is 0 Å². The average Bonchev–Trinajstić information content (AvgIpc) is 2.82. The van der Waals surface area contributed by atoms with E-state index in [1.165, 1.54) is 22.5 Å². The third kappa shape index (κ3) is 6.17. The highest BCUT2D eigenvalue weighted by Crippen LogP contribution is 2.27. The van der Waals surface area contributed by atoms with Crippen LogP contribution in [0.25, 0.3) is 0 Å². The van der Waals surface area contributed by atoms with Gasteiger partial charge in [0.1, 0.15) is 6.61 Å². The van der Waals surface area contributed by atoms with Crippen LogP contribution in [0.1, 0.15) is 5.56 Å². The lowest BCUT2D eigenvalue weighted by Gasteiger charge is -2.37. The fraction of sp³-hybridized carbons (Fsp3) is 0.286. The Hall–Kier alpha value is -3.88. The number of benzene rings is 2. The minimum absolute atomic E-state index is 0.0492. The average molecular weight is 506 g/mol. The van der Waals surface area contributed by atoms with Gasteiger partial charge in [0, 0.05) is 18.7 Å². The number of aryl methyl sites for hydroxylation is 1. The van der Waals surface area contributed by atoms with E-state index in [2.05, 4.69) is 11.9 Å². The summed E-state index contributed by atoms with van der Waals surface area (Å²) in [6, 6.07) is 8.01. The number of morpholine rings is 1. The number of nitrogens with zero attached hydrogens (tertiary/aromatic N) is 3. The van der Waals surface area contributed by atoms with E-state index >= 15 is 0 Å². The number of ether oxygens (including phenoxy) is 2. The van der Waals surface area contributed by atoms with Gasteiger partial charge in [-0.15, -0.1) is 6.58 Å². The van der Waals surface area contributed by atoms with Crippen molar-refractivity contribution in [2.24, 2.45) is 0 Å². The van der Waals surface area contributed by atoms with Crippen LogP contribution in [-0.2, 0) is 19.5 Å². The molecule has 2 aromatic carbocycles. The number of amides is 1. The molecule has 0 saturated carbocycles. The molecule has 14 heteroatoms. The summed E-state index contributed by atoms with van der Waals surface area (Å²) >= 11 is 0. The molecular weight excluding hydrogens is 484 g/mol. The van der Waals surface area contributed by atoms with Crippen molar-refractivity contribution >= 4 is 33.2 Å². The zero-order valence-corrected chi connectivity index (χ0v) is 19.3. The highest BCUT2D eigenvalue weighted by atomic mass is 32.2. The smallest absolute Gasteiger partial charge is 0.411 e. The zero-order chi connectivity index (χ0) is 25.8. The van der Waals surface area contributed by atoms with Gasteiger partial charge in [-0.2, -0.15) is 4.31 Å². The second-order valence-corrected chi connectivity index (χ2v) is 9.52. The lowest BCUT2D eigenvalue weighted by molar-refractivity contribution is -0.394. The van der Waals surface area contributed by atoms with E-state index in [1.54, 1.807) is 12.1 Å². The van der Waals surface area contributed by atoms with Crippen molar-refractivity contribution in [3.05, 3.63) is 80.9 Å². The molecule has 2 atom stereocenters. The van der Waals surface area contributed by atoms with Gasteiger partial charge < -0.3 is 9.47 Å². The minimum Gasteiger partial charge on any atom is -0.448 e. The van der Waals surface area contributed by atoms with Crippen LogP contribution >= 0.6 is 0 Å². The summed E-state index contributed by atoms with van der Waals surface area (Å²) in [5.74, 6) is 0. The molecule has 0 unspecified atom stereocenters. The Balaban J connectivity index is 1.75. The number of non-ortho nitro benzene ring substituents is 2. The van der Waals surface area contributed by atoms with Crippen LogP contribution in [0.5, 0.6) is 0 Å². The first-order chi connectivity index (χ1) is 16.5. The number of sulfonamides is 1. The molecule has 1 N–H and O–H groups in total. The molecule has 1 amide bonds. The topological polar surface area (TPSA) is 171 Å². The van der Waals surface area contributed by atoms with Gasteiger partial charge in [0.05, 0.1) is 45.2 Å². The highest BCUT2D eigenvalue weighted by Gasteiger charge is 2.37. The Morgan fingerprint density at radius 3 is 2.34 bits per heavy atom. The number of nitrogens with one attached hydrogen (secondary N) is 1. The minimum atomic E-state index is -3.96. The van der Waals surface area contributed by atoms with Crippen molar-refractivity contribution in [2.75, 3.05) is 25.1 Å². The van der Waals surface area contributed by atoms with Gasteiger partial charge in [-0.1, -0.05) is 23.8 Å². The third-order valence-electron chi connectivity index (χ3n) is 5.14. The Labute approximate surface area is 200 Å². The first-order valence-corrected chi connectivity index (χ1v) is 11.7. The van der Waals surface area contributed by atoms with Crippen molar-refractivity contribution in [1.29, 1.82) is 0 Å². The maximum absolute atomic E-state index is 13.3. The summed E-state index contributed by atoms with van der Waals surface area (Å²) in [7, 11) is -3.96. The number of rotatable bonds is 8. The number of hydrogen-bond donors (Lipinski definition) is 1. The van der Waals surface area contributed by atoms with Crippen molar-refractivity contribution < 1.29 is 32.5 Å². The molecule has 0 aromatic heterocycles. The second kappa shape index (κ2) is 10.6. The SMILES string of the molecule is C=C[C@H]1CN(S(=O)(=O)c2ccc(C)cc2)[C@@H](COC(=O)Nc2cc([N+](=O)[O-])cc([N+](=O)[O-])c2)CO1. The summed E-state index contributed by atoms with van der Waals surface area (Å²) in [6.07, 6.45) is -0.180. The zero-order valence-electron chi connectivity index (χ0n) is 18.5. The molecule has 2 aromatic rings. The Bertz CT molecular complexity index is 1220. The van der Waals surface area contributed by atoms with Crippen molar-refractivity contribution in [1.82, 2.24) is 4.31 Å². The van der Waals surface area contributed by atoms with Gasteiger partial charge in [0.25, 0.3) is 11.4 Å². The van der Waals surface area contributed by atoms with Gasteiger partial charge in [-0.3, -0.25) is 25.5 Å². The highest BCUT2D eigenvalue weighted by molar-refractivity contribution is 7.89. The maximum Gasteiger partial charge on any atom is 0.411 e. The standard InChI is InChI=1S/C21H22N4O9S/c1-3-19-11-23(35(31,32)20-6-4-14(2)5-7-20)18(12-33-19)13-34-21(26)22-15-8-16(24(27)28)10-17(9-15)25(29)30/h3-10,18-19H,1,11-13H2,2H3,(H,22,26)/t18-,19+/m1/s1. The molecule has 1 aliphatic heterocycles. The number of carbonyl (C=O) groups excluding carboxylic acids is 1. The number of nitro groups is 2. The van der Waals surface area contributed by atoms with Crippen LogP contribution in [-0.4, -0.2) is 60.6 Å². The Morgan fingerprint density at radius 2 is 1.80 bits per heavy atom. The van der Waals surface area contributed by atoms with E-state index in [1.807, 2.05) is 6.92 Å². The summed E-state index contributed by atoms with van der Waals surface area (Å²) < 4.78 is 38.4. The quantitative estimate of drug-likeness (QED) is 0.321. The predicted octanol–water partition coefficient (Wildman–Crippen LogP) is 3.00. The molecule has 0 aliphatic carbocycles. The molecule has 13 nitrogen and oxygen atoms in total.